The number of hydrogen-bond donors (Lipinski definition) is 0. The predicted molar refractivity (Wildman–Crippen MR) is 256 cm³/mol. The lowest BCUT2D eigenvalue weighted by molar-refractivity contribution is 1.07. The van der Waals surface area contributed by atoms with E-state index in [2.05, 4.69) is 209 Å². The molecule has 290 valence electrons. The molecule has 12 rings (SSSR count). The van der Waals surface area contributed by atoms with E-state index in [1.54, 1.807) is 0 Å². The third-order valence-corrected chi connectivity index (χ3v) is 12.0. The molecular weight excluding hydrogens is 755 g/mol. The van der Waals surface area contributed by atoms with Crippen molar-refractivity contribution >= 4 is 43.6 Å². The van der Waals surface area contributed by atoms with E-state index in [1.165, 1.54) is 32.6 Å². The van der Waals surface area contributed by atoms with Gasteiger partial charge in [-0.15, -0.1) is 0 Å². The van der Waals surface area contributed by atoms with E-state index in [0.717, 1.165) is 61.4 Å². The fourth-order valence-corrected chi connectivity index (χ4v) is 9.25. The Morgan fingerprint density at radius 2 is 0.726 bits per heavy atom. The number of aromatic nitrogens is 5. The van der Waals surface area contributed by atoms with Crippen LogP contribution in [0.2, 0.25) is 0 Å². The first-order chi connectivity index (χ1) is 30.8. The van der Waals surface area contributed by atoms with Crippen molar-refractivity contribution in [2.75, 3.05) is 0 Å². The first-order valence-electron chi connectivity index (χ1n) is 21.0. The van der Waals surface area contributed by atoms with Gasteiger partial charge in [0.2, 0.25) is 0 Å². The summed E-state index contributed by atoms with van der Waals surface area (Å²) >= 11 is 0. The normalized spacial score (nSPS) is 11.5. The van der Waals surface area contributed by atoms with Crippen molar-refractivity contribution in [1.82, 2.24) is 24.1 Å². The van der Waals surface area contributed by atoms with Gasteiger partial charge in [0.05, 0.1) is 27.8 Å². The highest BCUT2D eigenvalue weighted by Gasteiger charge is 2.22. The molecule has 0 unspecified atom stereocenters. The van der Waals surface area contributed by atoms with Crippen molar-refractivity contribution in [2.24, 2.45) is 0 Å². The number of nitrogens with zero attached hydrogens (tertiary/aromatic N) is 5. The molecule has 0 aliphatic heterocycles. The lowest BCUT2D eigenvalue weighted by Gasteiger charge is -2.16. The van der Waals surface area contributed by atoms with Crippen LogP contribution in [0, 0.1) is 0 Å². The number of hydrogen-bond acceptors (Lipinski definition) is 3. The zero-order valence-corrected chi connectivity index (χ0v) is 33.6. The minimum atomic E-state index is 0.601. The minimum Gasteiger partial charge on any atom is -0.309 e. The van der Waals surface area contributed by atoms with Crippen molar-refractivity contribution in [2.45, 2.75) is 0 Å². The average Bonchev–Trinajstić information content (AvgIpc) is 3.88. The van der Waals surface area contributed by atoms with Crippen LogP contribution in [0.15, 0.2) is 224 Å². The monoisotopic (exact) mass is 791 g/mol. The molecule has 62 heavy (non-hydrogen) atoms. The molecule has 0 fully saturated rings. The van der Waals surface area contributed by atoms with Gasteiger partial charge in [0, 0.05) is 43.9 Å². The highest BCUT2D eigenvalue weighted by Crippen LogP contribution is 2.42. The molecule has 12 aromatic rings. The second-order valence-electron chi connectivity index (χ2n) is 15.6. The lowest BCUT2D eigenvalue weighted by Crippen LogP contribution is -2.03. The molecule has 0 aliphatic carbocycles. The Morgan fingerprint density at radius 3 is 1.35 bits per heavy atom. The standard InChI is InChI=1S/C57H37N5/c1-4-19-38(20-5-1)42-25-10-11-28-46(42)56-58-55(40-23-8-3-9-24-40)59-57(60-56)48-37-41(35-36-43(48)39-21-6-2-7-22-39)61-51-32-17-14-29-47(51)54-52(61)33-18-34-53(54)62-49-30-15-12-26-44(49)45-27-13-16-31-50(45)62/h1-37H. The van der Waals surface area contributed by atoms with Crippen LogP contribution in [0.3, 0.4) is 0 Å². The number of rotatable bonds is 7. The van der Waals surface area contributed by atoms with Crippen LogP contribution >= 0.6 is 0 Å². The highest BCUT2D eigenvalue weighted by atomic mass is 15.0. The summed E-state index contributed by atoms with van der Waals surface area (Å²) < 4.78 is 4.82. The second-order valence-corrected chi connectivity index (χ2v) is 15.6. The average molecular weight is 792 g/mol. The summed E-state index contributed by atoms with van der Waals surface area (Å²) in [4.78, 5) is 15.9. The first kappa shape index (κ1) is 35.5. The summed E-state index contributed by atoms with van der Waals surface area (Å²) in [6.45, 7) is 0. The van der Waals surface area contributed by atoms with Gasteiger partial charge in [-0.25, -0.2) is 15.0 Å². The number of fused-ring (bicyclic) bond motifs is 6. The van der Waals surface area contributed by atoms with Crippen LogP contribution in [0.1, 0.15) is 0 Å². The van der Waals surface area contributed by atoms with Gasteiger partial charge in [-0.2, -0.15) is 0 Å². The third kappa shape index (κ3) is 5.82. The molecule has 0 amide bonds. The first-order valence-corrected chi connectivity index (χ1v) is 21.0. The SMILES string of the molecule is c1ccc(-c2nc(-c3ccccc3-c3ccccc3)nc(-c3cc(-n4c5ccccc5c5c(-n6c7ccccc7c7ccccc76)cccc54)ccc3-c3ccccc3)n2)cc1. The Bertz CT molecular complexity index is 3570. The zero-order chi connectivity index (χ0) is 41.0. The molecule has 0 bridgehead atoms. The molecule has 0 spiro atoms. The molecule has 3 heterocycles. The maximum atomic E-state index is 5.39. The molecule has 0 atom stereocenters. The van der Waals surface area contributed by atoms with Crippen molar-refractivity contribution in [3.8, 4) is 67.8 Å². The Kier molecular flexibility index (Phi) is 8.42. The maximum absolute atomic E-state index is 5.39. The Morgan fingerprint density at radius 1 is 0.274 bits per heavy atom. The van der Waals surface area contributed by atoms with Gasteiger partial charge >= 0.3 is 0 Å². The van der Waals surface area contributed by atoms with Gasteiger partial charge in [0.1, 0.15) is 0 Å². The van der Waals surface area contributed by atoms with E-state index in [-0.39, 0.29) is 0 Å². The quantitative estimate of drug-likeness (QED) is 0.162. The van der Waals surface area contributed by atoms with Crippen LogP contribution in [0.4, 0.5) is 0 Å². The van der Waals surface area contributed by atoms with Crippen molar-refractivity contribution in [3.05, 3.63) is 224 Å². The second kappa shape index (κ2) is 14.7. The Hall–Kier alpha value is -8.41. The molecule has 5 heteroatoms. The molecule has 0 saturated heterocycles. The predicted octanol–water partition coefficient (Wildman–Crippen LogP) is 14.4. The summed E-state index contributed by atoms with van der Waals surface area (Å²) in [5.41, 5.74) is 13.8. The minimum absolute atomic E-state index is 0.601. The molecule has 3 aromatic heterocycles. The van der Waals surface area contributed by atoms with Crippen LogP contribution in [-0.2, 0) is 0 Å². The molecule has 9 aromatic carbocycles. The topological polar surface area (TPSA) is 48.5 Å². The van der Waals surface area contributed by atoms with Crippen LogP contribution in [0.5, 0.6) is 0 Å². The largest absolute Gasteiger partial charge is 0.309 e. The van der Waals surface area contributed by atoms with Crippen molar-refractivity contribution < 1.29 is 0 Å². The van der Waals surface area contributed by atoms with E-state index in [1.807, 2.05) is 24.3 Å². The third-order valence-electron chi connectivity index (χ3n) is 12.0. The summed E-state index contributed by atoms with van der Waals surface area (Å²) in [6, 6.07) is 79.1. The summed E-state index contributed by atoms with van der Waals surface area (Å²) in [5.74, 6) is 1.83. The smallest absolute Gasteiger partial charge is 0.164 e. The fraction of sp³-hybridized carbons (Fsp3) is 0. The van der Waals surface area contributed by atoms with E-state index in [4.69, 9.17) is 15.0 Å². The van der Waals surface area contributed by atoms with Crippen molar-refractivity contribution in [1.29, 1.82) is 0 Å². The summed E-state index contributed by atoms with van der Waals surface area (Å²) in [7, 11) is 0. The van der Waals surface area contributed by atoms with Gasteiger partial charge < -0.3 is 9.13 Å². The number of para-hydroxylation sites is 3. The number of benzene rings is 9. The highest BCUT2D eigenvalue weighted by molar-refractivity contribution is 6.16. The maximum Gasteiger partial charge on any atom is 0.164 e. The Balaban J connectivity index is 1.13. The van der Waals surface area contributed by atoms with Gasteiger partial charge in [0.15, 0.2) is 17.5 Å². The van der Waals surface area contributed by atoms with Gasteiger partial charge in [-0.1, -0.05) is 182 Å². The van der Waals surface area contributed by atoms with Crippen LogP contribution < -0.4 is 0 Å². The van der Waals surface area contributed by atoms with E-state index in [9.17, 15) is 0 Å². The fourth-order valence-electron chi connectivity index (χ4n) is 9.25. The Labute approximate surface area is 358 Å². The molecule has 0 radical (unpaired) electrons. The molecule has 0 N–H and O–H groups in total. The molecular formula is C57H37N5. The van der Waals surface area contributed by atoms with E-state index < -0.39 is 0 Å². The zero-order valence-electron chi connectivity index (χ0n) is 33.6. The van der Waals surface area contributed by atoms with E-state index in [0.29, 0.717) is 17.5 Å². The van der Waals surface area contributed by atoms with Crippen molar-refractivity contribution in [3.63, 3.8) is 0 Å². The summed E-state index contributed by atoms with van der Waals surface area (Å²) in [5, 5.41) is 4.85. The van der Waals surface area contributed by atoms with E-state index >= 15 is 0 Å². The van der Waals surface area contributed by atoms with Crippen LogP contribution in [0.25, 0.3) is 111 Å². The lowest BCUT2D eigenvalue weighted by atomic mass is 9.97. The van der Waals surface area contributed by atoms with Crippen LogP contribution in [-0.4, -0.2) is 24.1 Å². The summed E-state index contributed by atoms with van der Waals surface area (Å²) in [6.07, 6.45) is 0. The van der Waals surface area contributed by atoms with Gasteiger partial charge in [0.25, 0.3) is 0 Å². The van der Waals surface area contributed by atoms with Gasteiger partial charge in [-0.05, 0) is 64.7 Å². The van der Waals surface area contributed by atoms with Gasteiger partial charge in [-0.3, -0.25) is 0 Å². The molecule has 0 saturated carbocycles. The molecule has 0 aliphatic rings. The molecule has 5 nitrogen and oxygen atoms in total.